The van der Waals surface area contributed by atoms with Crippen LogP contribution < -0.4 is 16.0 Å². The molecule has 0 radical (unpaired) electrons. The Morgan fingerprint density at radius 1 is 1.07 bits per heavy atom. The zero-order valence-electron chi connectivity index (χ0n) is 13.8. The van der Waals surface area contributed by atoms with Crippen molar-refractivity contribution >= 4 is 81.0 Å². The standard InChI is InChI=1S/C16H12Cl4N4O3S/c17-12-4-2-1-3-11(12)13(25)22-14(16(18,19)20)23-15(28)21-9-5-7-10(8-6-9)24(26)27/h1-8,14H,(H,22,25)(H2,21,23,28). The lowest BCUT2D eigenvalue weighted by atomic mass is 10.2. The van der Waals surface area contributed by atoms with Gasteiger partial charge in [0.25, 0.3) is 11.6 Å². The largest absolute Gasteiger partial charge is 0.339 e. The van der Waals surface area contributed by atoms with Crippen LogP contribution in [0.1, 0.15) is 10.4 Å². The molecule has 0 heterocycles. The maximum absolute atomic E-state index is 12.4. The van der Waals surface area contributed by atoms with Gasteiger partial charge in [-0.2, -0.15) is 0 Å². The minimum Gasteiger partial charge on any atom is -0.339 e. The van der Waals surface area contributed by atoms with Gasteiger partial charge in [0, 0.05) is 17.8 Å². The summed E-state index contributed by atoms with van der Waals surface area (Å²) < 4.78 is -1.95. The van der Waals surface area contributed by atoms with Crippen LogP contribution in [0, 0.1) is 10.1 Å². The molecule has 0 aliphatic rings. The molecule has 0 bridgehead atoms. The number of nitro benzene ring substituents is 1. The van der Waals surface area contributed by atoms with Crippen LogP contribution in [0.15, 0.2) is 48.5 Å². The second-order valence-electron chi connectivity index (χ2n) is 5.33. The summed E-state index contributed by atoms with van der Waals surface area (Å²) in [7, 11) is 0. The molecule has 12 heteroatoms. The van der Waals surface area contributed by atoms with E-state index in [4.69, 9.17) is 58.6 Å². The van der Waals surface area contributed by atoms with E-state index in [0.29, 0.717) is 5.69 Å². The molecule has 0 spiro atoms. The maximum atomic E-state index is 12.4. The van der Waals surface area contributed by atoms with Crippen LogP contribution in [0.2, 0.25) is 5.02 Å². The van der Waals surface area contributed by atoms with E-state index in [9.17, 15) is 14.9 Å². The molecule has 2 rings (SSSR count). The Hall–Kier alpha value is -1.84. The van der Waals surface area contributed by atoms with E-state index < -0.39 is 20.8 Å². The van der Waals surface area contributed by atoms with Gasteiger partial charge >= 0.3 is 0 Å². The smallest absolute Gasteiger partial charge is 0.269 e. The molecule has 0 aliphatic carbocycles. The summed E-state index contributed by atoms with van der Waals surface area (Å²) in [6.07, 6.45) is -1.20. The lowest BCUT2D eigenvalue weighted by Crippen LogP contribution is -2.56. The van der Waals surface area contributed by atoms with E-state index in [-0.39, 0.29) is 21.4 Å². The number of amides is 1. The van der Waals surface area contributed by atoms with Crippen LogP contribution >= 0.6 is 58.6 Å². The van der Waals surface area contributed by atoms with Crippen LogP contribution in [0.25, 0.3) is 0 Å². The monoisotopic (exact) mass is 480 g/mol. The third-order valence-corrected chi connectivity index (χ3v) is 4.54. The number of alkyl halides is 3. The SMILES string of the molecule is O=C(NC(NC(=S)Nc1ccc([N+](=O)[O-])cc1)C(Cl)(Cl)Cl)c1ccccc1Cl. The Balaban J connectivity index is 2.07. The summed E-state index contributed by atoms with van der Waals surface area (Å²) in [6.45, 7) is 0. The van der Waals surface area contributed by atoms with E-state index in [1.165, 1.54) is 30.3 Å². The number of benzene rings is 2. The van der Waals surface area contributed by atoms with Gasteiger partial charge in [0.2, 0.25) is 3.79 Å². The highest BCUT2D eigenvalue weighted by atomic mass is 35.6. The predicted molar refractivity (Wildman–Crippen MR) is 115 cm³/mol. The first-order valence-corrected chi connectivity index (χ1v) is 9.44. The van der Waals surface area contributed by atoms with Crippen molar-refractivity contribution in [2.24, 2.45) is 0 Å². The summed E-state index contributed by atoms with van der Waals surface area (Å²) in [6, 6.07) is 11.9. The van der Waals surface area contributed by atoms with Crippen molar-refractivity contribution in [2.75, 3.05) is 5.32 Å². The topological polar surface area (TPSA) is 96.3 Å². The molecule has 1 atom stereocenters. The molecule has 0 aliphatic heterocycles. The molecule has 28 heavy (non-hydrogen) atoms. The van der Waals surface area contributed by atoms with E-state index in [2.05, 4.69) is 16.0 Å². The molecule has 1 unspecified atom stereocenters. The fraction of sp³-hybridized carbons (Fsp3) is 0.125. The van der Waals surface area contributed by atoms with E-state index in [1.807, 2.05) is 0 Å². The number of hydrogen-bond donors (Lipinski definition) is 3. The number of rotatable bonds is 5. The van der Waals surface area contributed by atoms with Crippen molar-refractivity contribution in [1.29, 1.82) is 0 Å². The summed E-state index contributed by atoms with van der Waals surface area (Å²) in [5.41, 5.74) is 0.582. The maximum Gasteiger partial charge on any atom is 0.269 e. The van der Waals surface area contributed by atoms with Crippen molar-refractivity contribution in [3.8, 4) is 0 Å². The third-order valence-electron chi connectivity index (χ3n) is 3.33. The number of nitro groups is 1. The summed E-state index contributed by atoms with van der Waals surface area (Å²) in [4.78, 5) is 22.6. The molecule has 0 aromatic heterocycles. The number of nitrogens with zero attached hydrogens (tertiary/aromatic N) is 1. The van der Waals surface area contributed by atoms with Crippen molar-refractivity contribution in [1.82, 2.24) is 10.6 Å². The molecule has 148 valence electrons. The minimum absolute atomic E-state index is 0.0182. The number of thiocarbonyl (C=S) groups is 1. The third kappa shape index (κ3) is 6.35. The van der Waals surface area contributed by atoms with Crippen molar-refractivity contribution in [2.45, 2.75) is 9.96 Å². The number of anilines is 1. The first-order valence-electron chi connectivity index (χ1n) is 7.52. The van der Waals surface area contributed by atoms with Crippen molar-refractivity contribution in [3.63, 3.8) is 0 Å². The number of nitrogens with one attached hydrogen (secondary N) is 3. The number of halogens is 4. The van der Waals surface area contributed by atoms with Gasteiger partial charge in [-0.05, 0) is 36.5 Å². The van der Waals surface area contributed by atoms with E-state index in [0.717, 1.165) is 0 Å². The lowest BCUT2D eigenvalue weighted by molar-refractivity contribution is -0.384. The van der Waals surface area contributed by atoms with E-state index in [1.54, 1.807) is 18.2 Å². The summed E-state index contributed by atoms with van der Waals surface area (Å²) in [5.74, 6) is -0.576. The second-order valence-corrected chi connectivity index (χ2v) is 8.51. The molecule has 0 saturated heterocycles. The number of hydrogen-bond acceptors (Lipinski definition) is 4. The zero-order valence-corrected chi connectivity index (χ0v) is 17.6. The summed E-state index contributed by atoms with van der Waals surface area (Å²) in [5, 5.41) is 18.9. The number of carbonyl (C=O) groups excluding carboxylic acids is 1. The molecule has 0 fully saturated rings. The van der Waals surface area contributed by atoms with Crippen LogP contribution in [0.5, 0.6) is 0 Å². The zero-order chi connectivity index (χ0) is 20.9. The average molecular weight is 482 g/mol. The lowest BCUT2D eigenvalue weighted by Gasteiger charge is -2.28. The Bertz CT molecular complexity index is 890. The summed E-state index contributed by atoms with van der Waals surface area (Å²) >= 11 is 28.9. The quantitative estimate of drug-likeness (QED) is 0.189. The Labute approximate surface area is 185 Å². The molecule has 2 aromatic carbocycles. The number of carbonyl (C=O) groups is 1. The van der Waals surface area contributed by atoms with Gasteiger partial charge in [0.05, 0.1) is 15.5 Å². The van der Waals surface area contributed by atoms with Crippen LogP contribution in [0.3, 0.4) is 0 Å². The molecule has 2 aromatic rings. The highest BCUT2D eigenvalue weighted by Gasteiger charge is 2.35. The minimum atomic E-state index is -1.95. The molecule has 7 nitrogen and oxygen atoms in total. The van der Waals surface area contributed by atoms with Gasteiger partial charge < -0.3 is 16.0 Å². The Morgan fingerprint density at radius 3 is 2.21 bits per heavy atom. The van der Waals surface area contributed by atoms with Crippen molar-refractivity contribution < 1.29 is 9.72 Å². The average Bonchev–Trinajstić information content (AvgIpc) is 2.61. The second kappa shape index (κ2) is 9.58. The van der Waals surface area contributed by atoms with Gasteiger partial charge in [0.15, 0.2) is 5.11 Å². The van der Waals surface area contributed by atoms with Gasteiger partial charge in [-0.1, -0.05) is 58.5 Å². The molecular weight excluding hydrogens is 470 g/mol. The predicted octanol–water partition coefficient (Wildman–Crippen LogP) is 4.66. The van der Waals surface area contributed by atoms with Gasteiger partial charge in [0.1, 0.15) is 6.17 Å². The van der Waals surface area contributed by atoms with Crippen LogP contribution in [-0.2, 0) is 0 Å². The van der Waals surface area contributed by atoms with E-state index >= 15 is 0 Å². The molecule has 0 saturated carbocycles. The first-order chi connectivity index (χ1) is 13.1. The van der Waals surface area contributed by atoms with Gasteiger partial charge in [-0.15, -0.1) is 0 Å². The van der Waals surface area contributed by atoms with Crippen LogP contribution in [-0.4, -0.2) is 25.9 Å². The van der Waals surface area contributed by atoms with Gasteiger partial charge in [-0.25, -0.2) is 0 Å². The fourth-order valence-electron chi connectivity index (χ4n) is 2.02. The Morgan fingerprint density at radius 2 is 1.68 bits per heavy atom. The Kier molecular flexibility index (Phi) is 7.68. The molecule has 1 amide bonds. The highest BCUT2D eigenvalue weighted by Crippen LogP contribution is 2.29. The van der Waals surface area contributed by atoms with Crippen LogP contribution in [0.4, 0.5) is 11.4 Å². The van der Waals surface area contributed by atoms with Crippen molar-refractivity contribution in [3.05, 3.63) is 69.2 Å². The van der Waals surface area contributed by atoms with Gasteiger partial charge in [-0.3, -0.25) is 14.9 Å². The fourth-order valence-corrected chi connectivity index (χ4v) is 2.80. The first kappa shape index (κ1) is 22.4. The number of non-ortho nitro benzene ring substituents is 1. The molecule has 3 N–H and O–H groups in total. The normalized spacial score (nSPS) is 12.0. The molecular formula is C16H12Cl4N4O3S. The highest BCUT2D eigenvalue weighted by molar-refractivity contribution is 7.80.